The standard InChI is InChI=1S/C25H32Cl2N4O4/c1-4-30-19(14-29-11-12-31(15(3)13-29)23(32)16-9-10-16)20(24(33)35-5-2)22(28-25(30)34)17-7-6-8-18(26)21(17)27/h6-8,15-16,22H,4-5,9-14H2,1-3H3,(H,28,34). The highest BCUT2D eigenvalue weighted by Crippen LogP contribution is 2.38. The number of nitrogens with zero attached hydrogens (tertiary/aromatic N) is 3. The molecule has 3 aliphatic rings. The van der Waals surface area contributed by atoms with Gasteiger partial charge in [-0.05, 0) is 45.2 Å². The van der Waals surface area contributed by atoms with Crippen LogP contribution in [0.25, 0.3) is 0 Å². The molecule has 1 aromatic rings. The average Bonchev–Trinajstić information content (AvgIpc) is 3.66. The van der Waals surface area contributed by atoms with Gasteiger partial charge in [-0.3, -0.25) is 14.6 Å². The molecule has 1 N–H and O–H groups in total. The Morgan fingerprint density at radius 2 is 1.91 bits per heavy atom. The molecule has 2 unspecified atom stereocenters. The lowest BCUT2D eigenvalue weighted by molar-refractivity contribution is -0.139. The van der Waals surface area contributed by atoms with E-state index in [-0.39, 0.29) is 35.5 Å². The quantitative estimate of drug-likeness (QED) is 0.550. The fourth-order valence-corrected chi connectivity index (χ4v) is 5.33. The molecule has 1 aromatic carbocycles. The first-order valence-electron chi connectivity index (χ1n) is 12.2. The largest absolute Gasteiger partial charge is 0.463 e. The minimum Gasteiger partial charge on any atom is -0.463 e. The predicted octanol–water partition coefficient (Wildman–Crippen LogP) is 3.84. The average molecular weight is 523 g/mol. The minimum absolute atomic E-state index is 0.0501. The van der Waals surface area contributed by atoms with E-state index >= 15 is 0 Å². The smallest absolute Gasteiger partial charge is 0.338 e. The Balaban J connectivity index is 1.69. The van der Waals surface area contributed by atoms with Crippen LogP contribution in [0, 0.1) is 5.92 Å². The number of halogens is 2. The van der Waals surface area contributed by atoms with Gasteiger partial charge in [0, 0.05) is 50.4 Å². The second-order valence-corrected chi connectivity index (χ2v) is 10.0. The molecular formula is C25H32Cl2N4O4. The van der Waals surface area contributed by atoms with Crippen LogP contribution in [0.1, 0.15) is 45.2 Å². The summed E-state index contributed by atoms with van der Waals surface area (Å²) < 4.78 is 5.43. The lowest BCUT2D eigenvalue weighted by Crippen LogP contribution is -2.56. The molecule has 2 fully saturated rings. The highest BCUT2D eigenvalue weighted by molar-refractivity contribution is 6.42. The monoisotopic (exact) mass is 522 g/mol. The topological polar surface area (TPSA) is 82.2 Å². The van der Waals surface area contributed by atoms with Gasteiger partial charge in [0.25, 0.3) is 0 Å². The van der Waals surface area contributed by atoms with E-state index in [9.17, 15) is 14.4 Å². The molecule has 2 aliphatic heterocycles. The molecule has 1 aliphatic carbocycles. The third-order valence-electron chi connectivity index (χ3n) is 6.84. The summed E-state index contributed by atoms with van der Waals surface area (Å²) in [4.78, 5) is 44.8. The maximum Gasteiger partial charge on any atom is 0.338 e. The number of amides is 3. The lowest BCUT2D eigenvalue weighted by atomic mass is 9.93. The lowest BCUT2D eigenvalue weighted by Gasteiger charge is -2.43. The number of piperazine rings is 1. The molecule has 0 bridgehead atoms. The van der Waals surface area contributed by atoms with E-state index < -0.39 is 12.0 Å². The Morgan fingerprint density at radius 1 is 1.17 bits per heavy atom. The van der Waals surface area contributed by atoms with E-state index in [0.717, 1.165) is 12.8 Å². The predicted molar refractivity (Wildman–Crippen MR) is 134 cm³/mol. The molecular weight excluding hydrogens is 491 g/mol. The van der Waals surface area contributed by atoms with Crippen LogP contribution < -0.4 is 5.32 Å². The third-order valence-corrected chi connectivity index (χ3v) is 7.67. The maximum absolute atomic E-state index is 13.3. The summed E-state index contributed by atoms with van der Waals surface area (Å²) in [6.45, 7) is 8.55. The van der Waals surface area contributed by atoms with Gasteiger partial charge in [0.15, 0.2) is 0 Å². The Morgan fingerprint density at radius 3 is 2.54 bits per heavy atom. The molecule has 1 saturated heterocycles. The van der Waals surface area contributed by atoms with E-state index in [2.05, 4.69) is 10.2 Å². The van der Waals surface area contributed by atoms with Gasteiger partial charge < -0.3 is 15.0 Å². The summed E-state index contributed by atoms with van der Waals surface area (Å²) in [5.41, 5.74) is 1.48. The number of esters is 1. The zero-order valence-electron chi connectivity index (χ0n) is 20.4. The van der Waals surface area contributed by atoms with Crippen LogP contribution in [0.2, 0.25) is 10.0 Å². The van der Waals surface area contributed by atoms with Gasteiger partial charge in [0.05, 0.1) is 28.3 Å². The van der Waals surface area contributed by atoms with Crippen molar-refractivity contribution in [2.45, 2.75) is 45.7 Å². The number of hydrogen-bond acceptors (Lipinski definition) is 5. The second kappa shape index (κ2) is 10.8. The molecule has 10 heteroatoms. The Labute approximate surface area is 216 Å². The molecule has 1 saturated carbocycles. The van der Waals surface area contributed by atoms with Gasteiger partial charge in [0.1, 0.15) is 0 Å². The summed E-state index contributed by atoms with van der Waals surface area (Å²) in [6.07, 6.45) is 1.96. The van der Waals surface area contributed by atoms with Gasteiger partial charge in [-0.1, -0.05) is 35.3 Å². The van der Waals surface area contributed by atoms with Crippen molar-refractivity contribution >= 4 is 41.1 Å². The number of carbonyl (C=O) groups is 3. The molecule has 0 aromatic heterocycles. The summed E-state index contributed by atoms with van der Waals surface area (Å²) in [7, 11) is 0. The Kier molecular flexibility index (Phi) is 7.93. The van der Waals surface area contributed by atoms with Crippen molar-refractivity contribution in [3.05, 3.63) is 45.1 Å². The number of nitrogens with one attached hydrogen (secondary N) is 1. The van der Waals surface area contributed by atoms with Crippen LogP contribution in [0.15, 0.2) is 29.5 Å². The van der Waals surface area contributed by atoms with Crippen LogP contribution in [0.5, 0.6) is 0 Å². The molecule has 8 nitrogen and oxygen atoms in total. The normalized spacial score (nSPS) is 23.4. The molecule has 0 radical (unpaired) electrons. The highest BCUT2D eigenvalue weighted by Gasteiger charge is 2.41. The fraction of sp³-hybridized carbons (Fsp3) is 0.560. The number of rotatable bonds is 7. The van der Waals surface area contributed by atoms with E-state index in [4.69, 9.17) is 27.9 Å². The maximum atomic E-state index is 13.3. The van der Waals surface area contributed by atoms with E-state index in [0.29, 0.717) is 54.6 Å². The number of benzene rings is 1. The van der Waals surface area contributed by atoms with Crippen LogP contribution >= 0.6 is 23.2 Å². The zero-order chi connectivity index (χ0) is 25.3. The van der Waals surface area contributed by atoms with Gasteiger partial charge in [-0.15, -0.1) is 0 Å². The molecule has 2 atom stereocenters. The van der Waals surface area contributed by atoms with Gasteiger partial charge >= 0.3 is 12.0 Å². The van der Waals surface area contributed by atoms with Crippen molar-refractivity contribution in [1.29, 1.82) is 0 Å². The van der Waals surface area contributed by atoms with Gasteiger partial charge in [-0.25, -0.2) is 9.59 Å². The van der Waals surface area contributed by atoms with Crippen molar-refractivity contribution in [3.63, 3.8) is 0 Å². The first kappa shape index (κ1) is 25.8. The summed E-state index contributed by atoms with van der Waals surface area (Å²) in [5, 5.41) is 3.55. The summed E-state index contributed by atoms with van der Waals surface area (Å²) >= 11 is 12.8. The number of ether oxygens (including phenoxy) is 1. The van der Waals surface area contributed by atoms with Crippen molar-refractivity contribution in [1.82, 2.24) is 20.0 Å². The number of hydrogen-bond donors (Lipinski definition) is 1. The Bertz CT molecular complexity index is 1040. The van der Waals surface area contributed by atoms with E-state index in [1.807, 2.05) is 18.7 Å². The van der Waals surface area contributed by atoms with Crippen molar-refractivity contribution in [2.24, 2.45) is 5.92 Å². The highest BCUT2D eigenvalue weighted by atomic mass is 35.5. The molecule has 3 amide bonds. The SMILES string of the molecule is CCOC(=O)C1=C(CN2CCN(C(=O)C3CC3)C(C)C2)N(CC)C(=O)NC1c1cccc(Cl)c1Cl. The molecule has 0 spiro atoms. The van der Waals surface area contributed by atoms with Crippen LogP contribution in [0.4, 0.5) is 4.79 Å². The number of likely N-dealkylation sites (N-methyl/N-ethyl adjacent to an activating group) is 1. The zero-order valence-corrected chi connectivity index (χ0v) is 21.9. The first-order valence-corrected chi connectivity index (χ1v) is 13.0. The van der Waals surface area contributed by atoms with Gasteiger partial charge in [-0.2, -0.15) is 0 Å². The Hall–Kier alpha value is -2.29. The number of carbonyl (C=O) groups excluding carboxylic acids is 3. The van der Waals surface area contributed by atoms with Crippen LogP contribution in [0.3, 0.4) is 0 Å². The molecule has 190 valence electrons. The summed E-state index contributed by atoms with van der Waals surface area (Å²) in [5.74, 6) is -0.0768. The second-order valence-electron chi connectivity index (χ2n) is 9.24. The minimum atomic E-state index is -0.791. The van der Waals surface area contributed by atoms with E-state index in [1.165, 1.54) is 0 Å². The van der Waals surface area contributed by atoms with E-state index in [1.54, 1.807) is 30.0 Å². The van der Waals surface area contributed by atoms with Crippen molar-refractivity contribution in [2.75, 3.05) is 39.3 Å². The van der Waals surface area contributed by atoms with Crippen molar-refractivity contribution in [3.8, 4) is 0 Å². The van der Waals surface area contributed by atoms with Crippen molar-refractivity contribution < 1.29 is 19.1 Å². The summed E-state index contributed by atoms with van der Waals surface area (Å²) in [6, 6.07) is 4.10. The molecule has 2 heterocycles. The van der Waals surface area contributed by atoms with Crippen LogP contribution in [-0.4, -0.2) is 78.0 Å². The molecule has 4 rings (SSSR count). The van der Waals surface area contributed by atoms with Crippen LogP contribution in [-0.2, 0) is 14.3 Å². The fourth-order valence-electron chi connectivity index (χ4n) is 4.91. The number of urea groups is 1. The third kappa shape index (κ3) is 5.29. The molecule has 35 heavy (non-hydrogen) atoms. The first-order chi connectivity index (χ1) is 16.8. The van der Waals surface area contributed by atoms with Gasteiger partial charge in [0.2, 0.25) is 5.91 Å².